The highest BCUT2D eigenvalue weighted by molar-refractivity contribution is 7.89. The molecule has 1 heterocycles. The number of carbonyl (C=O) groups excluding carboxylic acids is 1. The fourth-order valence-corrected chi connectivity index (χ4v) is 2.64. The van der Waals surface area contributed by atoms with Gasteiger partial charge in [0, 0.05) is 30.2 Å². The molecule has 3 N–H and O–H groups in total. The third-order valence-electron chi connectivity index (χ3n) is 3.17. The van der Waals surface area contributed by atoms with Crippen molar-refractivity contribution in [1.29, 1.82) is 0 Å². The number of fused-ring (bicyclic) bond motifs is 1. The van der Waals surface area contributed by atoms with Crippen LogP contribution in [-0.2, 0) is 16.6 Å². The maximum Gasteiger partial charge on any atom is 0.253 e. The molecule has 0 radical (unpaired) electrons. The minimum atomic E-state index is -3.57. The van der Waals surface area contributed by atoms with E-state index in [1.54, 1.807) is 6.20 Å². The predicted molar refractivity (Wildman–Crippen MR) is 82.5 cm³/mol. The predicted octanol–water partition coefficient (Wildman–Crippen LogP) is 1.07. The lowest BCUT2D eigenvalue weighted by Crippen LogP contribution is -2.31. The maximum atomic E-state index is 12.2. The van der Waals surface area contributed by atoms with Crippen molar-refractivity contribution in [3.63, 3.8) is 0 Å². The number of nitrogens with one attached hydrogen (secondary N) is 1. The molecule has 6 nitrogen and oxygen atoms in total. The van der Waals surface area contributed by atoms with E-state index < -0.39 is 10.0 Å². The molecular formula is C14H19N3O3S. The average molecular weight is 309 g/mol. The van der Waals surface area contributed by atoms with Crippen LogP contribution in [-0.4, -0.2) is 31.2 Å². The van der Waals surface area contributed by atoms with Crippen LogP contribution in [0.5, 0.6) is 0 Å². The molecule has 0 aliphatic heterocycles. The first-order valence-corrected chi connectivity index (χ1v) is 8.50. The van der Waals surface area contributed by atoms with Gasteiger partial charge < -0.3 is 9.88 Å². The van der Waals surface area contributed by atoms with Gasteiger partial charge in [-0.15, -0.1) is 0 Å². The Morgan fingerprint density at radius 3 is 2.71 bits per heavy atom. The van der Waals surface area contributed by atoms with Gasteiger partial charge in [-0.2, -0.15) is 0 Å². The van der Waals surface area contributed by atoms with Crippen molar-refractivity contribution in [3.8, 4) is 0 Å². The molecule has 0 aliphatic rings. The number of carbonyl (C=O) groups is 1. The molecule has 7 heteroatoms. The summed E-state index contributed by atoms with van der Waals surface area (Å²) in [6.45, 7) is 2.90. The lowest BCUT2D eigenvalue weighted by molar-refractivity contribution is 0.0957. The summed E-state index contributed by atoms with van der Waals surface area (Å²) in [6, 6.07) is 7.65. The lowest BCUT2D eigenvalue weighted by atomic mass is 10.1. The summed E-state index contributed by atoms with van der Waals surface area (Å²) in [6.07, 6.45) is 2.77. The topological polar surface area (TPSA) is 94.2 Å². The third-order valence-corrected chi connectivity index (χ3v) is 3.94. The molecule has 1 aromatic heterocycles. The number of para-hydroxylation sites is 1. The number of hydrogen-bond donors (Lipinski definition) is 2. The van der Waals surface area contributed by atoms with Gasteiger partial charge in [0.15, 0.2) is 0 Å². The molecule has 0 atom stereocenters. The fourth-order valence-electron chi connectivity index (χ4n) is 2.26. The molecule has 0 saturated heterocycles. The highest BCUT2D eigenvalue weighted by Crippen LogP contribution is 2.21. The largest absolute Gasteiger partial charge is 0.351 e. The monoisotopic (exact) mass is 309 g/mol. The highest BCUT2D eigenvalue weighted by atomic mass is 32.2. The van der Waals surface area contributed by atoms with Crippen LogP contribution in [0.4, 0.5) is 0 Å². The molecule has 1 aromatic carbocycles. The van der Waals surface area contributed by atoms with Gasteiger partial charge in [0.05, 0.1) is 11.3 Å². The van der Waals surface area contributed by atoms with Crippen molar-refractivity contribution in [3.05, 3.63) is 36.0 Å². The van der Waals surface area contributed by atoms with E-state index in [-0.39, 0.29) is 18.2 Å². The van der Waals surface area contributed by atoms with Crippen molar-refractivity contribution in [2.45, 2.75) is 19.9 Å². The van der Waals surface area contributed by atoms with E-state index in [2.05, 4.69) is 12.2 Å². The van der Waals surface area contributed by atoms with E-state index in [1.165, 1.54) is 0 Å². The molecular weight excluding hydrogens is 290 g/mol. The Balaban J connectivity index is 2.23. The number of aromatic nitrogens is 1. The zero-order valence-electron chi connectivity index (χ0n) is 11.9. The summed E-state index contributed by atoms with van der Waals surface area (Å²) in [7, 11) is -3.57. The number of sulfonamides is 1. The first-order chi connectivity index (χ1) is 9.92. The minimum Gasteiger partial charge on any atom is -0.351 e. The van der Waals surface area contributed by atoms with Gasteiger partial charge in [0.2, 0.25) is 10.0 Å². The summed E-state index contributed by atoms with van der Waals surface area (Å²) in [4.78, 5) is 12.2. The number of benzene rings is 1. The maximum absolute atomic E-state index is 12.2. The first-order valence-electron chi connectivity index (χ1n) is 6.79. The van der Waals surface area contributed by atoms with Crippen molar-refractivity contribution >= 4 is 26.8 Å². The Bertz CT molecular complexity index is 750. The number of nitrogens with two attached hydrogens (primary N) is 1. The highest BCUT2D eigenvalue weighted by Gasteiger charge is 2.14. The average Bonchev–Trinajstić information content (AvgIpc) is 2.77. The van der Waals surface area contributed by atoms with Crippen LogP contribution in [0.3, 0.4) is 0 Å². The van der Waals surface area contributed by atoms with E-state index in [4.69, 9.17) is 5.14 Å². The second kappa shape index (κ2) is 6.28. The molecule has 1 amide bonds. The Morgan fingerprint density at radius 1 is 1.33 bits per heavy atom. The lowest BCUT2D eigenvalue weighted by Gasteiger charge is -2.03. The Labute approximate surface area is 124 Å². The third kappa shape index (κ3) is 3.83. The second-order valence-electron chi connectivity index (χ2n) is 4.88. The van der Waals surface area contributed by atoms with Gasteiger partial charge in [0.25, 0.3) is 5.91 Å². The zero-order valence-corrected chi connectivity index (χ0v) is 12.7. The number of primary sulfonamides is 1. The van der Waals surface area contributed by atoms with Crippen molar-refractivity contribution in [1.82, 2.24) is 9.88 Å². The molecule has 0 unspecified atom stereocenters. The van der Waals surface area contributed by atoms with E-state index in [0.29, 0.717) is 5.56 Å². The molecule has 114 valence electrons. The summed E-state index contributed by atoms with van der Waals surface area (Å²) in [5.74, 6) is -0.559. The molecule has 2 aromatic rings. The molecule has 0 bridgehead atoms. The van der Waals surface area contributed by atoms with Gasteiger partial charge in [-0.1, -0.05) is 25.1 Å². The number of rotatable bonds is 6. The SMILES string of the molecule is CCCn1cc(C(=O)NCCS(N)(=O)=O)c2ccccc21. The van der Waals surface area contributed by atoms with Gasteiger partial charge >= 0.3 is 0 Å². The first kappa shape index (κ1) is 15.5. The van der Waals surface area contributed by atoms with E-state index in [1.807, 2.05) is 28.8 Å². The van der Waals surface area contributed by atoms with Crippen LogP contribution >= 0.6 is 0 Å². The van der Waals surface area contributed by atoms with E-state index >= 15 is 0 Å². The fraction of sp³-hybridized carbons (Fsp3) is 0.357. The number of amides is 1. The van der Waals surface area contributed by atoms with Gasteiger partial charge in [0.1, 0.15) is 0 Å². The van der Waals surface area contributed by atoms with Gasteiger partial charge in [-0.25, -0.2) is 13.6 Å². The quantitative estimate of drug-likeness (QED) is 0.835. The van der Waals surface area contributed by atoms with Crippen LogP contribution in [0.2, 0.25) is 0 Å². The summed E-state index contributed by atoms with van der Waals surface area (Å²) < 4.78 is 23.8. The molecule has 0 aliphatic carbocycles. The summed E-state index contributed by atoms with van der Waals surface area (Å²) >= 11 is 0. The molecule has 21 heavy (non-hydrogen) atoms. The number of aryl methyl sites for hydroxylation is 1. The zero-order chi connectivity index (χ0) is 15.5. The number of hydrogen-bond acceptors (Lipinski definition) is 3. The van der Waals surface area contributed by atoms with Crippen LogP contribution in [0.25, 0.3) is 10.9 Å². The van der Waals surface area contributed by atoms with Crippen LogP contribution in [0.1, 0.15) is 23.7 Å². The number of nitrogens with zero attached hydrogens (tertiary/aromatic N) is 1. The van der Waals surface area contributed by atoms with Crippen LogP contribution < -0.4 is 10.5 Å². The van der Waals surface area contributed by atoms with E-state index in [9.17, 15) is 13.2 Å². The van der Waals surface area contributed by atoms with Gasteiger partial charge in [-0.05, 0) is 12.5 Å². The summed E-state index contributed by atoms with van der Waals surface area (Å²) in [5, 5.41) is 8.36. The van der Waals surface area contributed by atoms with Crippen molar-refractivity contribution in [2.75, 3.05) is 12.3 Å². The Morgan fingerprint density at radius 2 is 2.05 bits per heavy atom. The molecule has 0 fully saturated rings. The Hall–Kier alpha value is -1.86. The van der Waals surface area contributed by atoms with Crippen molar-refractivity contribution in [2.24, 2.45) is 5.14 Å². The normalized spacial score (nSPS) is 11.7. The smallest absolute Gasteiger partial charge is 0.253 e. The van der Waals surface area contributed by atoms with Gasteiger partial charge in [-0.3, -0.25) is 4.79 Å². The van der Waals surface area contributed by atoms with Crippen LogP contribution in [0, 0.1) is 0 Å². The summed E-state index contributed by atoms with van der Waals surface area (Å²) in [5.41, 5.74) is 1.55. The minimum absolute atomic E-state index is 0.00491. The molecule has 0 saturated carbocycles. The second-order valence-corrected chi connectivity index (χ2v) is 6.61. The van der Waals surface area contributed by atoms with E-state index in [0.717, 1.165) is 23.9 Å². The Kier molecular flexibility index (Phi) is 4.64. The van der Waals surface area contributed by atoms with Crippen LogP contribution in [0.15, 0.2) is 30.5 Å². The standard InChI is InChI=1S/C14H19N3O3S/c1-2-8-17-10-12(11-5-3-4-6-13(11)17)14(18)16-7-9-21(15,19)20/h3-6,10H,2,7-9H2,1H3,(H,16,18)(H2,15,19,20). The molecule has 0 spiro atoms. The molecule has 2 rings (SSSR count). The van der Waals surface area contributed by atoms with Crippen molar-refractivity contribution < 1.29 is 13.2 Å².